The van der Waals surface area contributed by atoms with Gasteiger partial charge in [-0.2, -0.15) is 0 Å². The van der Waals surface area contributed by atoms with Crippen LogP contribution in [-0.4, -0.2) is 21.3 Å². The van der Waals surface area contributed by atoms with Gasteiger partial charge in [-0.05, 0) is 101 Å². The van der Waals surface area contributed by atoms with Crippen LogP contribution < -0.4 is 24.8 Å². The van der Waals surface area contributed by atoms with Gasteiger partial charge in [-0.1, -0.05) is 62.3 Å². The molecular formula is C33H44Br2N2O3. The van der Waals surface area contributed by atoms with E-state index in [4.69, 9.17) is 14.2 Å². The lowest BCUT2D eigenvalue weighted by Crippen LogP contribution is -2.14. The fourth-order valence-electron chi connectivity index (χ4n) is 4.41. The summed E-state index contributed by atoms with van der Waals surface area (Å²) in [6.07, 6.45) is 0. The molecule has 0 saturated carbocycles. The van der Waals surface area contributed by atoms with Crippen LogP contribution in [0.1, 0.15) is 79.0 Å². The standard InChI is InChI=1S/C33H44Br2N2O3/c1-31(2,3)19-13-22(34)28(38-10)24(15-19)36-26-17-21(33(7,8)9)18-27(30(26)40-12)37-25-16-20(32(4,5)6)14-23(35)29(25)39-11/h13-18,36-37H,1-12H3. The minimum Gasteiger partial charge on any atom is -0.493 e. The molecule has 0 aliphatic rings. The first-order valence-electron chi connectivity index (χ1n) is 13.4. The van der Waals surface area contributed by atoms with Crippen molar-refractivity contribution in [1.82, 2.24) is 0 Å². The molecule has 0 heterocycles. The number of halogens is 2. The summed E-state index contributed by atoms with van der Waals surface area (Å²) in [5.74, 6) is 2.15. The second kappa shape index (κ2) is 11.8. The minimum absolute atomic E-state index is 0.0444. The Balaban J connectivity index is 2.27. The summed E-state index contributed by atoms with van der Waals surface area (Å²) in [5, 5.41) is 7.30. The van der Waals surface area contributed by atoms with E-state index in [9.17, 15) is 0 Å². The maximum absolute atomic E-state index is 6.06. The highest BCUT2D eigenvalue weighted by molar-refractivity contribution is 9.11. The number of nitrogens with one attached hydrogen (secondary N) is 2. The molecule has 40 heavy (non-hydrogen) atoms. The molecule has 218 valence electrons. The van der Waals surface area contributed by atoms with Crippen molar-refractivity contribution >= 4 is 54.6 Å². The van der Waals surface area contributed by atoms with E-state index in [0.717, 1.165) is 48.8 Å². The Morgan fingerprint density at radius 3 is 0.950 bits per heavy atom. The smallest absolute Gasteiger partial charge is 0.165 e. The van der Waals surface area contributed by atoms with E-state index in [1.807, 2.05) is 0 Å². The van der Waals surface area contributed by atoms with Crippen LogP contribution in [0.2, 0.25) is 0 Å². The van der Waals surface area contributed by atoms with Crippen LogP contribution in [0.4, 0.5) is 22.7 Å². The van der Waals surface area contributed by atoms with Gasteiger partial charge in [0.05, 0.1) is 53.0 Å². The van der Waals surface area contributed by atoms with Crippen molar-refractivity contribution in [3.05, 3.63) is 62.0 Å². The van der Waals surface area contributed by atoms with Gasteiger partial charge in [0.2, 0.25) is 0 Å². The predicted octanol–water partition coefficient (Wildman–Crippen LogP) is 10.6. The van der Waals surface area contributed by atoms with Gasteiger partial charge in [0.25, 0.3) is 0 Å². The number of hydrogen-bond donors (Lipinski definition) is 2. The first-order chi connectivity index (χ1) is 18.4. The van der Waals surface area contributed by atoms with Crippen LogP contribution in [0, 0.1) is 0 Å². The van der Waals surface area contributed by atoms with Crippen LogP contribution in [-0.2, 0) is 16.2 Å². The molecule has 0 fully saturated rings. The van der Waals surface area contributed by atoms with Crippen LogP contribution in [0.25, 0.3) is 0 Å². The van der Waals surface area contributed by atoms with Gasteiger partial charge >= 0.3 is 0 Å². The van der Waals surface area contributed by atoms with Gasteiger partial charge < -0.3 is 24.8 Å². The molecular weight excluding hydrogens is 632 g/mol. The van der Waals surface area contributed by atoms with E-state index < -0.39 is 0 Å². The van der Waals surface area contributed by atoms with Gasteiger partial charge in [0.15, 0.2) is 17.2 Å². The van der Waals surface area contributed by atoms with Crippen LogP contribution in [0.3, 0.4) is 0 Å². The molecule has 3 aromatic rings. The van der Waals surface area contributed by atoms with Crippen molar-refractivity contribution in [3.8, 4) is 17.2 Å². The van der Waals surface area contributed by atoms with Gasteiger partial charge in [-0.3, -0.25) is 0 Å². The van der Waals surface area contributed by atoms with Crippen molar-refractivity contribution in [2.24, 2.45) is 0 Å². The first kappa shape index (κ1) is 32.1. The van der Waals surface area contributed by atoms with Crippen molar-refractivity contribution in [2.45, 2.75) is 78.6 Å². The molecule has 0 bridgehead atoms. The molecule has 7 heteroatoms. The highest BCUT2D eigenvalue weighted by Gasteiger charge is 2.25. The van der Waals surface area contributed by atoms with E-state index in [1.165, 1.54) is 11.1 Å². The zero-order valence-corrected chi connectivity index (χ0v) is 29.1. The highest BCUT2D eigenvalue weighted by atomic mass is 79.9. The molecule has 3 rings (SSSR count). The average Bonchev–Trinajstić information content (AvgIpc) is 2.82. The predicted molar refractivity (Wildman–Crippen MR) is 177 cm³/mol. The molecule has 0 amide bonds. The summed E-state index contributed by atoms with van der Waals surface area (Å²) in [5.41, 5.74) is 6.68. The monoisotopic (exact) mass is 674 g/mol. The average molecular weight is 677 g/mol. The number of rotatable bonds is 7. The van der Waals surface area contributed by atoms with Gasteiger partial charge in [0.1, 0.15) is 0 Å². The number of methoxy groups -OCH3 is 3. The summed E-state index contributed by atoms with van der Waals surface area (Å²) in [6.45, 7) is 19.8. The van der Waals surface area contributed by atoms with Crippen molar-refractivity contribution in [1.29, 1.82) is 0 Å². The van der Waals surface area contributed by atoms with Crippen molar-refractivity contribution in [2.75, 3.05) is 32.0 Å². The van der Waals surface area contributed by atoms with Gasteiger partial charge in [-0.25, -0.2) is 0 Å². The zero-order chi connectivity index (χ0) is 30.2. The number of anilines is 4. The van der Waals surface area contributed by atoms with Crippen LogP contribution >= 0.6 is 31.9 Å². The second-order valence-corrected chi connectivity index (χ2v) is 14.9. The Labute approximate surface area is 257 Å². The summed E-state index contributed by atoms with van der Waals surface area (Å²) in [7, 11) is 5.06. The largest absolute Gasteiger partial charge is 0.493 e. The van der Waals surface area contributed by atoms with E-state index in [0.29, 0.717) is 5.75 Å². The third-order valence-electron chi connectivity index (χ3n) is 6.93. The Morgan fingerprint density at radius 2 is 0.700 bits per heavy atom. The van der Waals surface area contributed by atoms with E-state index >= 15 is 0 Å². The maximum atomic E-state index is 6.06. The molecule has 0 atom stereocenters. The molecule has 0 aromatic heterocycles. The fourth-order valence-corrected chi connectivity index (χ4v) is 5.66. The summed E-state index contributed by atoms with van der Waals surface area (Å²) < 4.78 is 19.5. The van der Waals surface area contributed by atoms with Gasteiger partial charge in [0, 0.05) is 0 Å². The van der Waals surface area contributed by atoms with Crippen molar-refractivity contribution < 1.29 is 14.2 Å². The molecule has 0 aliphatic carbocycles. The van der Waals surface area contributed by atoms with Gasteiger partial charge in [-0.15, -0.1) is 0 Å². The lowest BCUT2D eigenvalue weighted by Gasteiger charge is -2.27. The summed E-state index contributed by atoms with van der Waals surface area (Å²) >= 11 is 7.45. The highest BCUT2D eigenvalue weighted by Crippen LogP contribution is 2.47. The molecule has 0 radical (unpaired) electrons. The maximum Gasteiger partial charge on any atom is 0.165 e. The Kier molecular flexibility index (Phi) is 9.52. The molecule has 0 unspecified atom stereocenters. The summed E-state index contributed by atoms with van der Waals surface area (Å²) in [4.78, 5) is 0. The molecule has 0 spiro atoms. The molecule has 2 N–H and O–H groups in total. The summed E-state index contributed by atoms with van der Waals surface area (Å²) in [6, 6.07) is 12.8. The third-order valence-corrected chi connectivity index (χ3v) is 8.10. The zero-order valence-electron chi connectivity index (χ0n) is 25.9. The third kappa shape index (κ3) is 7.09. The normalized spacial score (nSPS) is 12.2. The molecule has 3 aromatic carbocycles. The molecule has 0 aliphatic heterocycles. The Bertz CT molecular complexity index is 1290. The van der Waals surface area contributed by atoms with Crippen molar-refractivity contribution in [3.63, 3.8) is 0 Å². The van der Waals surface area contributed by atoms with Crippen LogP contribution in [0.5, 0.6) is 17.2 Å². The molecule has 5 nitrogen and oxygen atoms in total. The van der Waals surface area contributed by atoms with E-state index in [1.54, 1.807) is 21.3 Å². The quantitative estimate of drug-likeness (QED) is 0.261. The Morgan fingerprint density at radius 1 is 0.450 bits per heavy atom. The SMILES string of the molecule is COc1c(Br)cc(C(C)(C)C)cc1Nc1cc(C(C)(C)C)cc(Nc2cc(C(C)(C)C)cc(Br)c2OC)c1OC. The lowest BCUT2D eigenvalue weighted by molar-refractivity contribution is 0.412. The fraction of sp³-hybridized carbons (Fsp3) is 0.455. The number of hydrogen-bond acceptors (Lipinski definition) is 5. The number of benzene rings is 3. The second-order valence-electron chi connectivity index (χ2n) is 13.2. The molecule has 0 saturated heterocycles. The van der Waals surface area contributed by atoms with Crippen LogP contribution in [0.15, 0.2) is 45.3 Å². The Hall–Kier alpha value is -2.38. The first-order valence-corrected chi connectivity index (χ1v) is 15.0. The number of ether oxygens (including phenoxy) is 3. The van der Waals surface area contributed by atoms with E-state index in [2.05, 4.69) is 141 Å². The topological polar surface area (TPSA) is 51.8 Å². The lowest BCUT2D eigenvalue weighted by atomic mass is 9.85. The minimum atomic E-state index is -0.116. The van der Waals surface area contributed by atoms with E-state index in [-0.39, 0.29) is 16.2 Å².